The summed E-state index contributed by atoms with van der Waals surface area (Å²) < 4.78 is 5.79. The Morgan fingerprint density at radius 2 is 1.92 bits per heavy atom. The molecule has 0 aromatic carbocycles. The maximum absolute atomic E-state index is 12.8. The Labute approximate surface area is 154 Å². The van der Waals surface area contributed by atoms with Crippen molar-refractivity contribution in [2.45, 2.75) is 39.2 Å². The minimum absolute atomic E-state index is 0.125. The highest BCUT2D eigenvalue weighted by Gasteiger charge is 2.31. The summed E-state index contributed by atoms with van der Waals surface area (Å²) in [5, 5.41) is 1.08. The number of nitrogens with zero attached hydrogens (tertiary/aromatic N) is 4. The van der Waals surface area contributed by atoms with Crippen LogP contribution in [0.15, 0.2) is 18.2 Å². The number of hydrogen-bond donors (Lipinski definition) is 0. The van der Waals surface area contributed by atoms with Gasteiger partial charge in [0.15, 0.2) is 11.8 Å². The first-order valence-electron chi connectivity index (χ1n) is 9.52. The number of amides is 1. The van der Waals surface area contributed by atoms with Gasteiger partial charge in [-0.05, 0) is 56.9 Å². The highest BCUT2D eigenvalue weighted by atomic mass is 16.5. The van der Waals surface area contributed by atoms with Crippen molar-refractivity contribution in [2.75, 3.05) is 37.7 Å². The topological polar surface area (TPSA) is 58.6 Å². The van der Waals surface area contributed by atoms with Gasteiger partial charge < -0.3 is 14.5 Å². The molecule has 1 unspecified atom stereocenters. The fraction of sp³-hybridized carbons (Fsp3) is 0.550. The van der Waals surface area contributed by atoms with Crippen LogP contribution >= 0.6 is 0 Å². The molecule has 4 rings (SSSR count). The van der Waals surface area contributed by atoms with Gasteiger partial charge in [-0.25, -0.2) is 9.97 Å². The number of likely N-dealkylation sites (tertiary alicyclic amines) is 1. The van der Waals surface area contributed by atoms with Crippen molar-refractivity contribution in [3.05, 3.63) is 29.5 Å². The van der Waals surface area contributed by atoms with Crippen LogP contribution in [-0.4, -0.2) is 59.7 Å². The summed E-state index contributed by atoms with van der Waals surface area (Å²) in [6.07, 6.45) is 3.01. The number of piperidine rings is 1. The van der Waals surface area contributed by atoms with E-state index in [0.717, 1.165) is 55.0 Å². The Hall–Kier alpha value is -2.21. The van der Waals surface area contributed by atoms with E-state index in [1.807, 2.05) is 17.9 Å². The summed E-state index contributed by atoms with van der Waals surface area (Å²) in [5.74, 6) is 0.995. The number of fused-ring (bicyclic) bond motifs is 1. The predicted molar refractivity (Wildman–Crippen MR) is 101 cm³/mol. The first-order chi connectivity index (χ1) is 12.6. The number of carbonyl (C=O) groups is 1. The Balaban J connectivity index is 1.54. The third kappa shape index (κ3) is 3.38. The number of aryl methyl sites for hydroxylation is 2. The van der Waals surface area contributed by atoms with Crippen molar-refractivity contribution in [3.8, 4) is 0 Å². The maximum atomic E-state index is 12.8. The second-order valence-electron chi connectivity index (χ2n) is 7.31. The Morgan fingerprint density at radius 3 is 2.73 bits per heavy atom. The SMILES string of the molecule is Cc1cc(C)c2ccc(N3CCOC(C(=O)N4CCCCC4)C3)nc2n1. The first kappa shape index (κ1) is 17.2. The zero-order valence-electron chi connectivity index (χ0n) is 15.6. The number of carbonyl (C=O) groups excluding carboxylic acids is 1. The second kappa shape index (κ2) is 7.19. The molecule has 2 aliphatic rings. The minimum atomic E-state index is -0.397. The van der Waals surface area contributed by atoms with Crippen LogP contribution in [-0.2, 0) is 9.53 Å². The standard InChI is InChI=1S/C20H26N4O2/c1-14-12-15(2)21-19-16(14)6-7-18(22-19)24-10-11-26-17(13-24)20(25)23-8-4-3-5-9-23/h6-7,12,17H,3-5,8-11,13H2,1-2H3. The molecule has 1 amide bonds. The smallest absolute Gasteiger partial charge is 0.253 e. The summed E-state index contributed by atoms with van der Waals surface area (Å²) in [6.45, 7) is 7.63. The molecule has 2 aromatic rings. The van der Waals surface area contributed by atoms with Crippen molar-refractivity contribution in [1.29, 1.82) is 0 Å². The molecule has 0 radical (unpaired) electrons. The van der Waals surface area contributed by atoms with Gasteiger partial charge in [-0.15, -0.1) is 0 Å². The van der Waals surface area contributed by atoms with Crippen LogP contribution in [0, 0.1) is 13.8 Å². The molecule has 0 aliphatic carbocycles. The average molecular weight is 354 g/mol. The van der Waals surface area contributed by atoms with Crippen molar-refractivity contribution in [3.63, 3.8) is 0 Å². The highest BCUT2D eigenvalue weighted by Crippen LogP contribution is 2.23. The third-order valence-corrected chi connectivity index (χ3v) is 5.33. The van der Waals surface area contributed by atoms with E-state index < -0.39 is 6.10 Å². The lowest BCUT2D eigenvalue weighted by Gasteiger charge is -2.36. The van der Waals surface area contributed by atoms with Crippen LogP contribution in [0.4, 0.5) is 5.82 Å². The van der Waals surface area contributed by atoms with Gasteiger partial charge in [-0.3, -0.25) is 4.79 Å². The van der Waals surface area contributed by atoms with Crippen molar-refractivity contribution >= 4 is 22.8 Å². The molecular weight excluding hydrogens is 328 g/mol. The van der Waals surface area contributed by atoms with E-state index in [4.69, 9.17) is 9.72 Å². The van der Waals surface area contributed by atoms with Crippen LogP contribution in [0.3, 0.4) is 0 Å². The summed E-state index contributed by atoms with van der Waals surface area (Å²) >= 11 is 0. The summed E-state index contributed by atoms with van der Waals surface area (Å²) in [5.41, 5.74) is 2.93. The van der Waals surface area contributed by atoms with E-state index in [1.54, 1.807) is 0 Å². The number of anilines is 1. The molecule has 6 heteroatoms. The average Bonchev–Trinajstić information content (AvgIpc) is 2.67. The van der Waals surface area contributed by atoms with Gasteiger partial charge in [-0.2, -0.15) is 0 Å². The number of aromatic nitrogens is 2. The maximum Gasteiger partial charge on any atom is 0.253 e. The van der Waals surface area contributed by atoms with Crippen molar-refractivity contribution in [1.82, 2.24) is 14.9 Å². The molecule has 0 N–H and O–H groups in total. The number of pyridine rings is 2. The lowest BCUT2D eigenvalue weighted by molar-refractivity contribution is -0.145. The molecule has 1 atom stereocenters. The summed E-state index contributed by atoms with van der Waals surface area (Å²) in [7, 11) is 0. The zero-order valence-corrected chi connectivity index (χ0v) is 15.6. The first-order valence-corrected chi connectivity index (χ1v) is 9.52. The van der Waals surface area contributed by atoms with Gasteiger partial charge in [-0.1, -0.05) is 0 Å². The highest BCUT2D eigenvalue weighted by molar-refractivity contribution is 5.83. The third-order valence-electron chi connectivity index (χ3n) is 5.33. The van der Waals surface area contributed by atoms with Gasteiger partial charge in [0.05, 0.1) is 13.2 Å². The van der Waals surface area contributed by atoms with Crippen LogP contribution < -0.4 is 4.90 Å². The number of ether oxygens (including phenoxy) is 1. The molecule has 6 nitrogen and oxygen atoms in total. The van der Waals surface area contributed by atoms with Gasteiger partial charge in [0.2, 0.25) is 0 Å². The van der Waals surface area contributed by atoms with E-state index in [-0.39, 0.29) is 5.91 Å². The molecule has 138 valence electrons. The fourth-order valence-corrected chi connectivity index (χ4v) is 3.92. The van der Waals surface area contributed by atoms with E-state index >= 15 is 0 Å². The fourth-order valence-electron chi connectivity index (χ4n) is 3.92. The molecule has 2 aliphatic heterocycles. The van der Waals surface area contributed by atoms with Crippen LogP contribution in [0.2, 0.25) is 0 Å². The van der Waals surface area contributed by atoms with Crippen LogP contribution in [0.5, 0.6) is 0 Å². The summed E-state index contributed by atoms with van der Waals surface area (Å²) in [6, 6.07) is 6.18. The van der Waals surface area contributed by atoms with Gasteiger partial charge in [0.25, 0.3) is 5.91 Å². The lowest BCUT2D eigenvalue weighted by atomic mass is 10.1. The van der Waals surface area contributed by atoms with Gasteiger partial charge in [0, 0.05) is 30.7 Å². The molecule has 0 saturated carbocycles. The predicted octanol–water partition coefficient (Wildman–Crippen LogP) is 2.46. The minimum Gasteiger partial charge on any atom is -0.365 e. The second-order valence-corrected chi connectivity index (χ2v) is 7.31. The Morgan fingerprint density at radius 1 is 1.12 bits per heavy atom. The molecule has 0 spiro atoms. The summed E-state index contributed by atoms with van der Waals surface area (Å²) in [4.78, 5) is 26.2. The molecule has 26 heavy (non-hydrogen) atoms. The molecule has 2 aromatic heterocycles. The largest absolute Gasteiger partial charge is 0.365 e. The van der Waals surface area contributed by atoms with Gasteiger partial charge >= 0.3 is 0 Å². The number of morpholine rings is 1. The molecule has 2 saturated heterocycles. The Bertz CT molecular complexity index is 817. The molecule has 0 bridgehead atoms. The zero-order chi connectivity index (χ0) is 18.1. The van der Waals surface area contributed by atoms with E-state index in [9.17, 15) is 4.79 Å². The van der Waals surface area contributed by atoms with Crippen molar-refractivity contribution < 1.29 is 9.53 Å². The Kier molecular flexibility index (Phi) is 4.76. The molecule has 4 heterocycles. The lowest BCUT2D eigenvalue weighted by Crippen LogP contribution is -2.52. The molecular formula is C20H26N4O2. The van der Waals surface area contributed by atoms with E-state index in [0.29, 0.717) is 13.2 Å². The molecule has 2 fully saturated rings. The normalized spacial score (nSPS) is 21.2. The van der Waals surface area contributed by atoms with Crippen molar-refractivity contribution in [2.24, 2.45) is 0 Å². The van der Waals surface area contributed by atoms with E-state index in [1.165, 1.54) is 12.0 Å². The van der Waals surface area contributed by atoms with Gasteiger partial charge in [0.1, 0.15) is 5.82 Å². The van der Waals surface area contributed by atoms with Crippen LogP contribution in [0.25, 0.3) is 11.0 Å². The van der Waals surface area contributed by atoms with E-state index in [2.05, 4.69) is 28.9 Å². The van der Waals surface area contributed by atoms with Crippen LogP contribution in [0.1, 0.15) is 30.5 Å². The quantitative estimate of drug-likeness (QED) is 0.829. The number of rotatable bonds is 2. The monoisotopic (exact) mass is 354 g/mol. The number of hydrogen-bond acceptors (Lipinski definition) is 5.